The molecule has 2 rings (SSSR count). The number of rotatable bonds is 6. The van der Waals surface area contributed by atoms with E-state index in [-0.39, 0.29) is 5.91 Å². The molecule has 18 heavy (non-hydrogen) atoms. The standard InChI is InChI=1S/C15H22N2O/c1-11(12-7-8-12)17-15(18)14-6-4-3-5-13(14)9-10-16-2/h3-6,11-12,16H,7-10H2,1-2H3,(H,17,18). The highest BCUT2D eigenvalue weighted by Crippen LogP contribution is 2.32. The quantitative estimate of drug-likeness (QED) is 0.806. The third kappa shape index (κ3) is 3.33. The fraction of sp³-hybridized carbons (Fsp3) is 0.533. The summed E-state index contributed by atoms with van der Waals surface area (Å²) in [5.41, 5.74) is 1.94. The molecule has 1 unspecified atom stereocenters. The molecule has 3 nitrogen and oxygen atoms in total. The number of carbonyl (C=O) groups excluding carboxylic acids is 1. The zero-order valence-corrected chi connectivity index (χ0v) is 11.2. The summed E-state index contributed by atoms with van der Waals surface area (Å²) in [6, 6.07) is 8.18. The van der Waals surface area contributed by atoms with Gasteiger partial charge in [0.1, 0.15) is 0 Å². The van der Waals surface area contributed by atoms with E-state index in [2.05, 4.69) is 17.6 Å². The summed E-state index contributed by atoms with van der Waals surface area (Å²) in [6.07, 6.45) is 3.39. The summed E-state index contributed by atoms with van der Waals surface area (Å²) in [5.74, 6) is 0.763. The smallest absolute Gasteiger partial charge is 0.251 e. The van der Waals surface area contributed by atoms with Crippen molar-refractivity contribution in [3.8, 4) is 0 Å². The van der Waals surface area contributed by atoms with Crippen LogP contribution in [0, 0.1) is 5.92 Å². The topological polar surface area (TPSA) is 41.1 Å². The van der Waals surface area contributed by atoms with E-state index in [0.717, 1.165) is 24.1 Å². The van der Waals surface area contributed by atoms with Crippen molar-refractivity contribution in [2.24, 2.45) is 5.92 Å². The summed E-state index contributed by atoms with van der Waals surface area (Å²) in [5, 5.41) is 6.24. The van der Waals surface area contributed by atoms with Gasteiger partial charge in [0, 0.05) is 11.6 Å². The van der Waals surface area contributed by atoms with Gasteiger partial charge in [-0.1, -0.05) is 18.2 Å². The molecule has 1 aliphatic rings. The molecule has 1 aromatic rings. The molecule has 2 N–H and O–H groups in total. The monoisotopic (exact) mass is 246 g/mol. The van der Waals surface area contributed by atoms with Gasteiger partial charge >= 0.3 is 0 Å². The SMILES string of the molecule is CNCCc1ccccc1C(=O)NC(C)C1CC1. The van der Waals surface area contributed by atoms with Gasteiger partial charge < -0.3 is 10.6 Å². The highest BCUT2D eigenvalue weighted by Gasteiger charge is 2.29. The van der Waals surface area contributed by atoms with Crippen LogP contribution < -0.4 is 10.6 Å². The van der Waals surface area contributed by atoms with Crippen LogP contribution in [0.5, 0.6) is 0 Å². The maximum atomic E-state index is 12.2. The Balaban J connectivity index is 2.03. The molecule has 0 spiro atoms. The number of hydrogen-bond donors (Lipinski definition) is 2. The Bertz CT molecular complexity index is 413. The Morgan fingerprint density at radius 3 is 2.78 bits per heavy atom. The molecule has 0 aromatic heterocycles. The molecule has 0 radical (unpaired) electrons. The van der Waals surface area contributed by atoms with Crippen LogP contribution in [0.1, 0.15) is 35.7 Å². The number of amides is 1. The molecule has 1 aliphatic carbocycles. The maximum absolute atomic E-state index is 12.2. The first-order valence-electron chi connectivity index (χ1n) is 6.75. The second-order valence-electron chi connectivity index (χ2n) is 5.11. The molecule has 1 aromatic carbocycles. The van der Waals surface area contributed by atoms with Gasteiger partial charge in [0.15, 0.2) is 0 Å². The summed E-state index contributed by atoms with van der Waals surface area (Å²) >= 11 is 0. The van der Waals surface area contributed by atoms with E-state index in [1.165, 1.54) is 12.8 Å². The second-order valence-corrected chi connectivity index (χ2v) is 5.11. The molecule has 1 atom stereocenters. The lowest BCUT2D eigenvalue weighted by Gasteiger charge is -2.15. The highest BCUT2D eigenvalue weighted by molar-refractivity contribution is 5.95. The predicted molar refractivity (Wildman–Crippen MR) is 73.7 cm³/mol. The zero-order chi connectivity index (χ0) is 13.0. The predicted octanol–water partition coefficient (Wildman–Crippen LogP) is 1.98. The van der Waals surface area contributed by atoms with Gasteiger partial charge in [-0.15, -0.1) is 0 Å². The first kappa shape index (κ1) is 13.1. The molecule has 0 saturated heterocycles. The van der Waals surface area contributed by atoms with Gasteiger partial charge in [0.2, 0.25) is 0 Å². The van der Waals surface area contributed by atoms with Crippen LogP contribution >= 0.6 is 0 Å². The number of nitrogens with one attached hydrogen (secondary N) is 2. The van der Waals surface area contributed by atoms with Crippen LogP contribution in [0.15, 0.2) is 24.3 Å². The van der Waals surface area contributed by atoms with Crippen molar-refractivity contribution < 1.29 is 4.79 Å². The molecule has 98 valence electrons. The lowest BCUT2D eigenvalue weighted by atomic mass is 10.0. The Kier molecular flexibility index (Phi) is 4.37. The minimum atomic E-state index is 0.0705. The van der Waals surface area contributed by atoms with E-state index in [1.54, 1.807) is 0 Å². The number of benzene rings is 1. The lowest BCUT2D eigenvalue weighted by molar-refractivity contribution is 0.0935. The van der Waals surface area contributed by atoms with Crippen LogP contribution in [-0.2, 0) is 6.42 Å². The minimum Gasteiger partial charge on any atom is -0.349 e. The van der Waals surface area contributed by atoms with Gasteiger partial charge in [-0.25, -0.2) is 0 Å². The second kappa shape index (κ2) is 6.01. The van der Waals surface area contributed by atoms with E-state index >= 15 is 0 Å². The van der Waals surface area contributed by atoms with Crippen molar-refractivity contribution in [3.05, 3.63) is 35.4 Å². The Morgan fingerprint density at radius 2 is 2.11 bits per heavy atom. The minimum absolute atomic E-state index is 0.0705. The Labute approximate surface area is 109 Å². The fourth-order valence-electron chi connectivity index (χ4n) is 2.22. The van der Waals surface area contributed by atoms with Gasteiger partial charge in [-0.2, -0.15) is 0 Å². The normalized spacial score (nSPS) is 16.3. The number of likely N-dealkylation sites (N-methyl/N-ethyl adjacent to an activating group) is 1. The summed E-state index contributed by atoms with van der Waals surface area (Å²) < 4.78 is 0. The van der Waals surface area contributed by atoms with Crippen molar-refractivity contribution >= 4 is 5.91 Å². The first-order chi connectivity index (χ1) is 8.72. The van der Waals surface area contributed by atoms with E-state index in [4.69, 9.17) is 0 Å². The Hall–Kier alpha value is -1.35. The first-order valence-corrected chi connectivity index (χ1v) is 6.75. The Morgan fingerprint density at radius 1 is 1.39 bits per heavy atom. The third-order valence-corrected chi connectivity index (χ3v) is 3.59. The van der Waals surface area contributed by atoms with Crippen molar-refractivity contribution in [2.45, 2.75) is 32.2 Å². The van der Waals surface area contributed by atoms with Crippen LogP contribution in [0.4, 0.5) is 0 Å². The average molecular weight is 246 g/mol. The van der Waals surface area contributed by atoms with Gasteiger partial charge in [0.25, 0.3) is 5.91 Å². The molecule has 3 heteroatoms. The lowest BCUT2D eigenvalue weighted by Crippen LogP contribution is -2.34. The van der Waals surface area contributed by atoms with Gasteiger partial charge in [-0.3, -0.25) is 4.79 Å². The van der Waals surface area contributed by atoms with Gasteiger partial charge in [-0.05, 0) is 57.3 Å². The van der Waals surface area contributed by atoms with Crippen molar-refractivity contribution in [1.82, 2.24) is 10.6 Å². The zero-order valence-electron chi connectivity index (χ0n) is 11.2. The molecule has 1 fully saturated rings. The van der Waals surface area contributed by atoms with Crippen LogP contribution in [0.25, 0.3) is 0 Å². The molecular formula is C15H22N2O. The van der Waals surface area contributed by atoms with Gasteiger partial charge in [0.05, 0.1) is 0 Å². The molecule has 1 saturated carbocycles. The van der Waals surface area contributed by atoms with E-state index < -0.39 is 0 Å². The fourth-order valence-corrected chi connectivity index (χ4v) is 2.22. The van der Waals surface area contributed by atoms with Crippen molar-refractivity contribution in [1.29, 1.82) is 0 Å². The van der Waals surface area contributed by atoms with Crippen molar-refractivity contribution in [3.63, 3.8) is 0 Å². The largest absolute Gasteiger partial charge is 0.349 e. The average Bonchev–Trinajstić information content (AvgIpc) is 3.20. The van der Waals surface area contributed by atoms with Crippen LogP contribution in [0.3, 0.4) is 0 Å². The molecule has 0 heterocycles. The third-order valence-electron chi connectivity index (χ3n) is 3.59. The van der Waals surface area contributed by atoms with Crippen LogP contribution in [0.2, 0.25) is 0 Å². The van der Waals surface area contributed by atoms with E-state index in [1.807, 2.05) is 31.3 Å². The molecule has 1 amide bonds. The highest BCUT2D eigenvalue weighted by atomic mass is 16.1. The maximum Gasteiger partial charge on any atom is 0.251 e. The van der Waals surface area contributed by atoms with Crippen LogP contribution in [-0.4, -0.2) is 25.5 Å². The van der Waals surface area contributed by atoms with Crippen molar-refractivity contribution in [2.75, 3.05) is 13.6 Å². The summed E-state index contributed by atoms with van der Waals surface area (Å²) in [6.45, 7) is 2.99. The molecule has 0 aliphatic heterocycles. The number of carbonyl (C=O) groups is 1. The molecular weight excluding hydrogens is 224 g/mol. The summed E-state index contributed by atoms with van der Waals surface area (Å²) in [4.78, 5) is 12.2. The number of hydrogen-bond acceptors (Lipinski definition) is 2. The molecule has 0 bridgehead atoms. The van der Waals surface area contributed by atoms with E-state index in [0.29, 0.717) is 12.0 Å². The summed E-state index contributed by atoms with van der Waals surface area (Å²) in [7, 11) is 1.93. The van der Waals surface area contributed by atoms with E-state index in [9.17, 15) is 4.79 Å².